The second-order valence-corrected chi connectivity index (χ2v) is 7.60. The molecule has 0 radical (unpaired) electrons. The van der Waals surface area contributed by atoms with E-state index in [0.717, 1.165) is 29.4 Å². The third kappa shape index (κ3) is 3.87. The molecule has 1 aromatic rings. The molecular formula is C17H22ClN3O2S. The Bertz CT molecular complexity index is 620. The average Bonchev–Trinajstić information content (AvgIpc) is 3.00. The van der Waals surface area contributed by atoms with Gasteiger partial charge in [0.15, 0.2) is 0 Å². The van der Waals surface area contributed by atoms with Gasteiger partial charge in [0, 0.05) is 49.5 Å². The fraction of sp³-hybridized carbons (Fsp3) is 0.529. The number of halogens is 1. The van der Waals surface area contributed by atoms with Crippen molar-refractivity contribution in [1.29, 1.82) is 0 Å². The van der Waals surface area contributed by atoms with Crippen LogP contribution in [0.25, 0.3) is 0 Å². The lowest BCUT2D eigenvalue weighted by Gasteiger charge is -2.38. The van der Waals surface area contributed by atoms with Gasteiger partial charge in [-0.2, -0.15) is 0 Å². The van der Waals surface area contributed by atoms with E-state index in [1.54, 1.807) is 4.90 Å². The normalized spacial score (nSPS) is 20.5. The van der Waals surface area contributed by atoms with Crippen LogP contribution in [-0.2, 0) is 4.79 Å². The quantitative estimate of drug-likeness (QED) is 0.820. The van der Waals surface area contributed by atoms with E-state index in [1.807, 2.05) is 23.1 Å². The highest BCUT2D eigenvalue weighted by Gasteiger charge is 2.29. The molecular weight excluding hydrogens is 346 g/mol. The van der Waals surface area contributed by atoms with Crippen LogP contribution in [-0.4, -0.2) is 70.9 Å². The van der Waals surface area contributed by atoms with Crippen molar-refractivity contribution in [2.45, 2.75) is 13.0 Å². The first-order valence-electron chi connectivity index (χ1n) is 8.24. The molecule has 0 spiro atoms. The minimum Gasteiger partial charge on any atom is -0.339 e. The number of amides is 2. The predicted octanol–water partition coefficient (Wildman–Crippen LogP) is 2.71. The van der Waals surface area contributed by atoms with Crippen molar-refractivity contribution < 1.29 is 9.59 Å². The van der Waals surface area contributed by atoms with Gasteiger partial charge in [0.2, 0.25) is 5.91 Å². The topological polar surface area (TPSA) is 43.9 Å². The van der Waals surface area contributed by atoms with Gasteiger partial charge in [-0.05, 0) is 18.6 Å². The molecule has 24 heavy (non-hydrogen) atoms. The molecule has 0 aromatic heterocycles. The SMILES string of the molecule is CC(c1ccccc1Cl)N1CCN(C(=O)CN2CCSC2=O)CC1. The molecule has 5 nitrogen and oxygen atoms in total. The van der Waals surface area contributed by atoms with E-state index in [0.29, 0.717) is 19.6 Å². The molecule has 1 atom stereocenters. The zero-order valence-electron chi connectivity index (χ0n) is 13.8. The van der Waals surface area contributed by atoms with Crippen molar-refractivity contribution in [2.75, 3.05) is 45.0 Å². The molecule has 0 saturated carbocycles. The van der Waals surface area contributed by atoms with Gasteiger partial charge in [-0.15, -0.1) is 0 Å². The maximum absolute atomic E-state index is 12.4. The summed E-state index contributed by atoms with van der Waals surface area (Å²) in [6.45, 7) is 6.08. The first-order valence-corrected chi connectivity index (χ1v) is 9.60. The highest BCUT2D eigenvalue weighted by atomic mass is 35.5. The summed E-state index contributed by atoms with van der Waals surface area (Å²) >= 11 is 7.59. The fourth-order valence-corrected chi connectivity index (χ4v) is 4.32. The van der Waals surface area contributed by atoms with Crippen molar-refractivity contribution in [3.05, 3.63) is 34.9 Å². The van der Waals surface area contributed by atoms with Crippen molar-refractivity contribution in [3.8, 4) is 0 Å². The molecule has 130 valence electrons. The predicted molar refractivity (Wildman–Crippen MR) is 97.4 cm³/mol. The summed E-state index contributed by atoms with van der Waals surface area (Å²) in [6.07, 6.45) is 0. The summed E-state index contributed by atoms with van der Waals surface area (Å²) in [5, 5.41) is 0.808. The number of thioether (sulfide) groups is 1. The Morgan fingerprint density at radius 2 is 1.92 bits per heavy atom. The molecule has 0 aliphatic carbocycles. The molecule has 0 bridgehead atoms. The van der Waals surface area contributed by atoms with Gasteiger partial charge in [0.1, 0.15) is 6.54 Å². The number of nitrogens with zero attached hydrogens (tertiary/aromatic N) is 3. The van der Waals surface area contributed by atoms with Crippen LogP contribution in [0.4, 0.5) is 4.79 Å². The zero-order chi connectivity index (χ0) is 17.1. The highest BCUT2D eigenvalue weighted by molar-refractivity contribution is 8.13. The van der Waals surface area contributed by atoms with Crippen LogP contribution in [0.15, 0.2) is 24.3 Å². The maximum Gasteiger partial charge on any atom is 0.282 e. The van der Waals surface area contributed by atoms with Crippen molar-refractivity contribution in [2.24, 2.45) is 0 Å². The molecule has 2 heterocycles. The fourth-order valence-electron chi connectivity index (χ4n) is 3.20. The molecule has 2 aliphatic rings. The Labute approximate surface area is 151 Å². The molecule has 2 aliphatic heterocycles. The minimum atomic E-state index is 0.0225. The van der Waals surface area contributed by atoms with Gasteiger partial charge < -0.3 is 9.80 Å². The third-order valence-corrected chi connectivity index (χ3v) is 5.98. The van der Waals surface area contributed by atoms with Crippen LogP contribution >= 0.6 is 23.4 Å². The lowest BCUT2D eigenvalue weighted by atomic mass is 10.1. The zero-order valence-corrected chi connectivity index (χ0v) is 15.4. The van der Waals surface area contributed by atoms with Crippen LogP contribution in [0, 0.1) is 0 Å². The number of piperazine rings is 1. The number of benzene rings is 1. The van der Waals surface area contributed by atoms with Crippen molar-refractivity contribution in [1.82, 2.24) is 14.7 Å². The van der Waals surface area contributed by atoms with E-state index in [4.69, 9.17) is 11.6 Å². The van der Waals surface area contributed by atoms with E-state index >= 15 is 0 Å². The smallest absolute Gasteiger partial charge is 0.282 e. The number of hydrogen-bond acceptors (Lipinski definition) is 4. The molecule has 7 heteroatoms. The lowest BCUT2D eigenvalue weighted by Crippen LogP contribution is -2.51. The summed E-state index contributed by atoms with van der Waals surface area (Å²) < 4.78 is 0. The van der Waals surface area contributed by atoms with Gasteiger partial charge in [0.25, 0.3) is 5.24 Å². The van der Waals surface area contributed by atoms with Crippen LogP contribution in [0.2, 0.25) is 5.02 Å². The molecule has 3 rings (SSSR count). The Morgan fingerprint density at radius 1 is 1.21 bits per heavy atom. The number of rotatable bonds is 4. The van der Waals surface area contributed by atoms with Gasteiger partial charge in [-0.25, -0.2) is 0 Å². The van der Waals surface area contributed by atoms with Gasteiger partial charge in [-0.3, -0.25) is 14.5 Å². The van der Waals surface area contributed by atoms with Crippen molar-refractivity contribution in [3.63, 3.8) is 0 Å². The molecule has 2 amide bonds. The Balaban J connectivity index is 1.53. The Morgan fingerprint density at radius 3 is 2.54 bits per heavy atom. The summed E-state index contributed by atoms with van der Waals surface area (Å²) in [4.78, 5) is 29.9. The standard InChI is InChI=1S/C17H22ClN3O2S/c1-13(14-4-2-3-5-15(14)18)19-6-8-20(9-7-19)16(22)12-21-10-11-24-17(21)23/h2-5,13H,6-12H2,1H3. The second kappa shape index (κ2) is 7.76. The highest BCUT2D eigenvalue weighted by Crippen LogP contribution is 2.27. The van der Waals surface area contributed by atoms with E-state index < -0.39 is 0 Å². The van der Waals surface area contributed by atoms with E-state index in [1.165, 1.54) is 11.8 Å². The second-order valence-electron chi connectivity index (χ2n) is 6.15. The van der Waals surface area contributed by atoms with Gasteiger partial charge in [0.05, 0.1) is 0 Å². The molecule has 2 fully saturated rings. The molecule has 1 unspecified atom stereocenters. The van der Waals surface area contributed by atoms with Crippen molar-refractivity contribution >= 4 is 34.5 Å². The van der Waals surface area contributed by atoms with E-state index in [-0.39, 0.29) is 23.7 Å². The summed E-state index contributed by atoms with van der Waals surface area (Å²) in [5.41, 5.74) is 1.12. The number of carbonyl (C=O) groups is 2. The van der Waals surface area contributed by atoms with Gasteiger partial charge >= 0.3 is 0 Å². The number of hydrogen-bond donors (Lipinski definition) is 0. The lowest BCUT2D eigenvalue weighted by molar-refractivity contribution is -0.133. The monoisotopic (exact) mass is 367 g/mol. The first kappa shape index (κ1) is 17.6. The van der Waals surface area contributed by atoms with Crippen LogP contribution in [0.5, 0.6) is 0 Å². The van der Waals surface area contributed by atoms with E-state index in [2.05, 4.69) is 17.9 Å². The van der Waals surface area contributed by atoms with Crippen LogP contribution in [0.1, 0.15) is 18.5 Å². The first-order chi connectivity index (χ1) is 11.6. The Hall–Kier alpha value is -1.24. The van der Waals surface area contributed by atoms with Gasteiger partial charge in [-0.1, -0.05) is 41.6 Å². The summed E-state index contributed by atoms with van der Waals surface area (Å²) in [5.74, 6) is 0.839. The average molecular weight is 368 g/mol. The number of carbonyl (C=O) groups excluding carboxylic acids is 2. The third-order valence-electron chi connectivity index (χ3n) is 4.74. The molecule has 0 N–H and O–H groups in total. The van der Waals surface area contributed by atoms with E-state index in [9.17, 15) is 9.59 Å². The largest absolute Gasteiger partial charge is 0.339 e. The molecule has 1 aromatic carbocycles. The maximum atomic E-state index is 12.4. The minimum absolute atomic E-state index is 0.0225. The Kier molecular flexibility index (Phi) is 5.69. The molecule has 2 saturated heterocycles. The summed E-state index contributed by atoms with van der Waals surface area (Å²) in [6, 6.07) is 8.14. The van der Waals surface area contributed by atoms with Crippen LogP contribution < -0.4 is 0 Å². The summed E-state index contributed by atoms with van der Waals surface area (Å²) in [7, 11) is 0. The van der Waals surface area contributed by atoms with Crippen LogP contribution in [0.3, 0.4) is 0 Å².